The van der Waals surface area contributed by atoms with Crippen LogP contribution in [0.1, 0.15) is 38.4 Å². The molecule has 2 atom stereocenters. The highest BCUT2D eigenvalue weighted by molar-refractivity contribution is 5.08. The molecule has 1 aromatic rings. The number of rotatable bonds is 3. The molecule has 1 aliphatic rings. The first-order valence-corrected chi connectivity index (χ1v) is 5.56. The summed E-state index contributed by atoms with van der Waals surface area (Å²) in [6.07, 6.45) is 6.41. The number of hydrogen-bond acceptors (Lipinski definition) is 2. The Labute approximate surface area is 85.5 Å². The first kappa shape index (κ1) is 9.71. The summed E-state index contributed by atoms with van der Waals surface area (Å²) in [7, 11) is 0. The van der Waals surface area contributed by atoms with Gasteiger partial charge in [-0.3, -0.25) is 0 Å². The van der Waals surface area contributed by atoms with Crippen molar-refractivity contribution in [2.75, 3.05) is 6.54 Å². The third-order valence-electron chi connectivity index (χ3n) is 3.06. The van der Waals surface area contributed by atoms with Crippen LogP contribution in [0.4, 0.5) is 0 Å². The molecule has 0 amide bonds. The summed E-state index contributed by atoms with van der Waals surface area (Å²) in [5.41, 5.74) is 1.36. The van der Waals surface area contributed by atoms with Gasteiger partial charge in [0.1, 0.15) is 0 Å². The molecule has 0 bridgehead atoms. The van der Waals surface area contributed by atoms with Crippen molar-refractivity contribution in [1.29, 1.82) is 0 Å². The molecule has 0 aliphatic carbocycles. The smallest absolute Gasteiger partial charge is 0.0948 e. The van der Waals surface area contributed by atoms with Gasteiger partial charge < -0.3 is 9.88 Å². The van der Waals surface area contributed by atoms with Crippen LogP contribution in [0.3, 0.4) is 0 Å². The lowest BCUT2D eigenvalue weighted by Gasteiger charge is -2.17. The summed E-state index contributed by atoms with van der Waals surface area (Å²) in [5.74, 6) is 0.738. The molecule has 78 valence electrons. The van der Waals surface area contributed by atoms with E-state index in [4.69, 9.17) is 0 Å². The maximum atomic E-state index is 4.24. The first-order valence-electron chi connectivity index (χ1n) is 5.56. The van der Waals surface area contributed by atoms with E-state index in [0.29, 0.717) is 6.04 Å². The van der Waals surface area contributed by atoms with Gasteiger partial charge in [-0.15, -0.1) is 0 Å². The molecule has 0 saturated carbocycles. The van der Waals surface area contributed by atoms with Gasteiger partial charge in [-0.25, -0.2) is 4.98 Å². The van der Waals surface area contributed by atoms with Gasteiger partial charge in [0.25, 0.3) is 0 Å². The van der Waals surface area contributed by atoms with Crippen molar-refractivity contribution in [3.05, 3.63) is 18.2 Å². The van der Waals surface area contributed by atoms with Gasteiger partial charge in [0.05, 0.1) is 18.1 Å². The Morgan fingerprint density at radius 2 is 2.50 bits per heavy atom. The lowest BCUT2D eigenvalue weighted by molar-refractivity contribution is 0.466. The number of nitrogens with one attached hydrogen (secondary N) is 1. The van der Waals surface area contributed by atoms with E-state index >= 15 is 0 Å². The van der Waals surface area contributed by atoms with E-state index in [1.807, 2.05) is 12.5 Å². The Morgan fingerprint density at radius 3 is 3.14 bits per heavy atom. The summed E-state index contributed by atoms with van der Waals surface area (Å²) in [6, 6.07) is 0.518. The average Bonchev–Trinajstić information content (AvgIpc) is 2.74. The maximum Gasteiger partial charge on any atom is 0.0948 e. The van der Waals surface area contributed by atoms with Crippen LogP contribution in [0, 0.1) is 5.92 Å². The summed E-state index contributed by atoms with van der Waals surface area (Å²) < 4.78 is 2.28. The Hall–Kier alpha value is -0.830. The lowest BCUT2D eigenvalue weighted by atomic mass is 10.0. The topological polar surface area (TPSA) is 29.9 Å². The number of hydrogen-bond donors (Lipinski definition) is 1. The monoisotopic (exact) mass is 193 g/mol. The third-order valence-corrected chi connectivity index (χ3v) is 3.06. The predicted molar refractivity (Wildman–Crippen MR) is 57.0 cm³/mol. The second kappa shape index (κ2) is 4.13. The van der Waals surface area contributed by atoms with Crippen molar-refractivity contribution >= 4 is 0 Å². The number of nitrogens with zero attached hydrogens (tertiary/aromatic N) is 2. The normalized spacial score (nSPS) is 27.0. The molecule has 2 unspecified atom stereocenters. The molecular weight excluding hydrogens is 174 g/mol. The number of aryl methyl sites for hydroxylation is 1. The second-order valence-electron chi connectivity index (χ2n) is 4.21. The van der Waals surface area contributed by atoms with Gasteiger partial charge in [0, 0.05) is 12.7 Å². The molecule has 1 aromatic heterocycles. The van der Waals surface area contributed by atoms with Crippen molar-refractivity contribution in [3.63, 3.8) is 0 Å². The van der Waals surface area contributed by atoms with E-state index in [1.165, 1.54) is 18.5 Å². The van der Waals surface area contributed by atoms with Gasteiger partial charge in [-0.1, -0.05) is 13.8 Å². The highest BCUT2D eigenvalue weighted by atomic mass is 15.1. The summed E-state index contributed by atoms with van der Waals surface area (Å²) in [4.78, 5) is 4.24. The largest absolute Gasteiger partial charge is 0.333 e. The molecule has 1 saturated heterocycles. The minimum atomic E-state index is 0.518. The molecular formula is C11H19N3. The molecule has 3 heteroatoms. The minimum absolute atomic E-state index is 0.518. The molecule has 2 heterocycles. The Kier molecular flexibility index (Phi) is 2.87. The van der Waals surface area contributed by atoms with E-state index in [2.05, 4.69) is 28.7 Å². The van der Waals surface area contributed by atoms with E-state index in [9.17, 15) is 0 Å². The van der Waals surface area contributed by atoms with Crippen LogP contribution in [0.25, 0.3) is 0 Å². The number of aromatic nitrogens is 2. The zero-order valence-corrected chi connectivity index (χ0v) is 9.03. The zero-order chi connectivity index (χ0) is 9.97. The fourth-order valence-electron chi connectivity index (χ4n) is 2.25. The molecule has 3 nitrogen and oxygen atoms in total. The van der Waals surface area contributed by atoms with E-state index < -0.39 is 0 Å². The summed E-state index contributed by atoms with van der Waals surface area (Å²) >= 11 is 0. The van der Waals surface area contributed by atoms with Crippen LogP contribution >= 0.6 is 0 Å². The third kappa shape index (κ3) is 1.69. The Balaban J connectivity index is 2.17. The summed E-state index contributed by atoms with van der Waals surface area (Å²) in [6.45, 7) is 6.74. The van der Waals surface area contributed by atoms with Crippen molar-refractivity contribution in [2.24, 2.45) is 5.92 Å². The van der Waals surface area contributed by atoms with Crippen LogP contribution in [-0.4, -0.2) is 16.1 Å². The molecule has 0 radical (unpaired) electrons. The molecule has 14 heavy (non-hydrogen) atoms. The predicted octanol–water partition coefficient (Wildman–Crippen LogP) is 1.96. The second-order valence-corrected chi connectivity index (χ2v) is 4.21. The van der Waals surface area contributed by atoms with Crippen LogP contribution in [-0.2, 0) is 6.54 Å². The maximum absolute atomic E-state index is 4.24. The van der Waals surface area contributed by atoms with Crippen molar-refractivity contribution in [3.8, 4) is 0 Å². The van der Waals surface area contributed by atoms with Crippen molar-refractivity contribution in [1.82, 2.24) is 14.9 Å². The van der Waals surface area contributed by atoms with E-state index in [0.717, 1.165) is 19.0 Å². The zero-order valence-electron chi connectivity index (χ0n) is 9.03. The molecule has 0 spiro atoms. The fraction of sp³-hybridized carbons (Fsp3) is 0.727. The van der Waals surface area contributed by atoms with Crippen molar-refractivity contribution in [2.45, 2.75) is 39.3 Å². The molecule has 1 fully saturated rings. The van der Waals surface area contributed by atoms with Gasteiger partial charge in [-0.05, 0) is 25.3 Å². The number of imidazole rings is 1. The highest BCUT2D eigenvalue weighted by Crippen LogP contribution is 2.28. The SMILES string of the molecule is CCCn1cncc1C1NCCC1C. The van der Waals surface area contributed by atoms with Crippen LogP contribution in [0.15, 0.2) is 12.5 Å². The van der Waals surface area contributed by atoms with Gasteiger partial charge in [0.15, 0.2) is 0 Å². The average molecular weight is 193 g/mol. The Bertz CT molecular complexity index is 292. The molecule has 1 aliphatic heterocycles. The highest BCUT2D eigenvalue weighted by Gasteiger charge is 2.26. The lowest BCUT2D eigenvalue weighted by Crippen LogP contribution is -2.20. The van der Waals surface area contributed by atoms with Gasteiger partial charge in [0.2, 0.25) is 0 Å². The van der Waals surface area contributed by atoms with E-state index in [1.54, 1.807) is 0 Å². The minimum Gasteiger partial charge on any atom is -0.333 e. The quantitative estimate of drug-likeness (QED) is 0.795. The van der Waals surface area contributed by atoms with Crippen LogP contribution in [0.2, 0.25) is 0 Å². The first-order chi connectivity index (χ1) is 6.83. The van der Waals surface area contributed by atoms with Crippen LogP contribution < -0.4 is 5.32 Å². The van der Waals surface area contributed by atoms with Crippen molar-refractivity contribution < 1.29 is 0 Å². The van der Waals surface area contributed by atoms with Crippen LogP contribution in [0.5, 0.6) is 0 Å². The molecule has 2 rings (SSSR count). The van der Waals surface area contributed by atoms with E-state index in [-0.39, 0.29) is 0 Å². The Morgan fingerprint density at radius 1 is 1.64 bits per heavy atom. The van der Waals surface area contributed by atoms with Gasteiger partial charge >= 0.3 is 0 Å². The fourth-order valence-corrected chi connectivity index (χ4v) is 2.25. The summed E-state index contributed by atoms with van der Waals surface area (Å²) in [5, 5.41) is 3.55. The molecule has 1 N–H and O–H groups in total. The molecule has 0 aromatic carbocycles. The standard InChI is InChI=1S/C11H19N3/c1-3-6-14-8-12-7-10(14)11-9(2)4-5-13-11/h7-9,11,13H,3-6H2,1-2H3. The van der Waals surface area contributed by atoms with Gasteiger partial charge in [-0.2, -0.15) is 0 Å².